The number of halogens is 1. The SMILES string of the molecule is C=C/C=C(\C=C)c1cccc(-c2cccc(Br)c2)c1. The molecule has 1 heteroatoms. The van der Waals surface area contributed by atoms with Crippen LogP contribution in [0.3, 0.4) is 0 Å². The Labute approximate surface area is 122 Å². The molecular formula is C18H15Br. The van der Waals surface area contributed by atoms with Gasteiger partial charge in [-0.15, -0.1) is 0 Å². The Hall–Kier alpha value is -1.86. The largest absolute Gasteiger partial charge is 0.0990 e. The van der Waals surface area contributed by atoms with E-state index >= 15 is 0 Å². The molecule has 0 radical (unpaired) electrons. The topological polar surface area (TPSA) is 0 Å². The van der Waals surface area contributed by atoms with Gasteiger partial charge in [-0.2, -0.15) is 0 Å². The van der Waals surface area contributed by atoms with E-state index in [1.807, 2.05) is 24.3 Å². The van der Waals surface area contributed by atoms with Crippen molar-refractivity contribution in [3.63, 3.8) is 0 Å². The Morgan fingerprint density at radius 1 is 0.947 bits per heavy atom. The standard InChI is InChI=1S/C18H15Br/c1-3-7-14(4-2)15-8-5-9-16(12-15)17-10-6-11-18(19)13-17/h3-13H,1-2H2/b14-7+. The average Bonchev–Trinajstić information content (AvgIpc) is 2.45. The zero-order valence-electron chi connectivity index (χ0n) is 10.6. The number of benzene rings is 2. The molecule has 94 valence electrons. The number of hydrogen-bond donors (Lipinski definition) is 0. The fourth-order valence-corrected chi connectivity index (χ4v) is 2.35. The van der Waals surface area contributed by atoms with Crippen molar-refractivity contribution in [3.8, 4) is 11.1 Å². The van der Waals surface area contributed by atoms with Crippen LogP contribution in [0.15, 0.2) is 84.4 Å². The summed E-state index contributed by atoms with van der Waals surface area (Å²) in [5, 5.41) is 0. The van der Waals surface area contributed by atoms with Crippen molar-refractivity contribution in [2.45, 2.75) is 0 Å². The minimum absolute atomic E-state index is 1.08. The van der Waals surface area contributed by atoms with Gasteiger partial charge in [0.15, 0.2) is 0 Å². The van der Waals surface area contributed by atoms with Crippen LogP contribution in [-0.2, 0) is 0 Å². The van der Waals surface area contributed by atoms with Gasteiger partial charge in [0.1, 0.15) is 0 Å². The van der Waals surface area contributed by atoms with Crippen LogP contribution in [0.25, 0.3) is 16.7 Å². The molecule has 0 unspecified atom stereocenters. The van der Waals surface area contributed by atoms with E-state index in [0.29, 0.717) is 0 Å². The van der Waals surface area contributed by atoms with Gasteiger partial charge >= 0.3 is 0 Å². The van der Waals surface area contributed by atoms with E-state index in [1.54, 1.807) is 6.08 Å². The summed E-state index contributed by atoms with van der Waals surface area (Å²) in [5.41, 5.74) is 4.60. The number of rotatable bonds is 4. The van der Waals surface area contributed by atoms with Gasteiger partial charge in [-0.3, -0.25) is 0 Å². The molecule has 0 saturated carbocycles. The van der Waals surface area contributed by atoms with Crippen molar-refractivity contribution >= 4 is 21.5 Å². The quantitative estimate of drug-likeness (QED) is 0.619. The van der Waals surface area contributed by atoms with E-state index < -0.39 is 0 Å². The maximum Gasteiger partial charge on any atom is 0.0181 e. The van der Waals surface area contributed by atoms with E-state index in [-0.39, 0.29) is 0 Å². The maximum atomic E-state index is 3.85. The molecule has 2 rings (SSSR count). The van der Waals surface area contributed by atoms with E-state index in [9.17, 15) is 0 Å². The summed E-state index contributed by atoms with van der Waals surface area (Å²) in [4.78, 5) is 0. The smallest absolute Gasteiger partial charge is 0.0181 e. The molecule has 0 amide bonds. The molecule has 0 bridgehead atoms. The minimum atomic E-state index is 1.08. The third-order valence-electron chi connectivity index (χ3n) is 2.87. The molecule has 0 saturated heterocycles. The molecule has 0 nitrogen and oxygen atoms in total. The van der Waals surface area contributed by atoms with Gasteiger partial charge in [0, 0.05) is 4.47 Å². The molecule has 0 aliphatic carbocycles. The molecule has 0 aliphatic rings. The van der Waals surface area contributed by atoms with E-state index in [0.717, 1.165) is 15.6 Å². The van der Waals surface area contributed by atoms with Crippen molar-refractivity contribution in [2.75, 3.05) is 0 Å². The Bertz CT molecular complexity index is 636. The molecule has 0 N–H and O–H groups in total. The molecule has 2 aromatic rings. The van der Waals surface area contributed by atoms with Crippen molar-refractivity contribution in [1.29, 1.82) is 0 Å². The first kappa shape index (κ1) is 13.6. The Balaban J connectivity index is 2.47. The average molecular weight is 311 g/mol. The molecule has 0 aliphatic heterocycles. The molecule has 2 aromatic carbocycles. The zero-order chi connectivity index (χ0) is 13.7. The van der Waals surface area contributed by atoms with Crippen LogP contribution >= 0.6 is 15.9 Å². The second kappa shape index (κ2) is 6.35. The molecule has 0 spiro atoms. The van der Waals surface area contributed by atoms with E-state index in [4.69, 9.17) is 0 Å². The summed E-state index contributed by atoms with van der Waals surface area (Å²) in [6.07, 6.45) is 5.59. The van der Waals surface area contributed by atoms with Crippen LogP contribution in [0.2, 0.25) is 0 Å². The van der Waals surface area contributed by atoms with Crippen LogP contribution in [0.4, 0.5) is 0 Å². The van der Waals surface area contributed by atoms with Crippen LogP contribution in [0.5, 0.6) is 0 Å². The van der Waals surface area contributed by atoms with Crippen molar-refractivity contribution in [3.05, 3.63) is 90.0 Å². The number of allylic oxidation sites excluding steroid dienone is 4. The second-order valence-corrected chi connectivity index (χ2v) is 5.07. The molecule has 0 atom stereocenters. The molecule has 0 fully saturated rings. The molecule has 0 heterocycles. The van der Waals surface area contributed by atoms with Crippen LogP contribution in [0, 0.1) is 0 Å². The van der Waals surface area contributed by atoms with Gasteiger partial charge in [-0.25, -0.2) is 0 Å². The summed E-state index contributed by atoms with van der Waals surface area (Å²) in [6, 6.07) is 16.7. The first-order chi connectivity index (χ1) is 9.24. The predicted octanol–water partition coefficient (Wildman–Crippen LogP) is 5.87. The lowest BCUT2D eigenvalue weighted by Crippen LogP contribution is -1.83. The normalized spacial score (nSPS) is 11.1. The van der Waals surface area contributed by atoms with Gasteiger partial charge in [0.25, 0.3) is 0 Å². The highest BCUT2D eigenvalue weighted by Crippen LogP contribution is 2.26. The highest BCUT2D eigenvalue weighted by Gasteiger charge is 2.01. The summed E-state index contributed by atoms with van der Waals surface area (Å²) >= 11 is 3.50. The molecule has 19 heavy (non-hydrogen) atoms. The van der Waals surface area contributed by atoms with Crippen molar-refractivity contribution < 1.29 is 0 Å². The van der Waals surface area contributed by atoms with Crippen molar-refractivity contribution in [1.82, 2.24) is 0 Å². The molecular weight excluding hydrogens is 296 g/mol. The van der Waals surface area contributed by atoms with Gasteiger partial charge in [-0.05, 0) is 40.5 Å². The maximum absolute atomic E-state index is 3.85. The zero-order valence-corrected chi connectivity index (χ0v) is 12.2. The van der Waals surface area contributed by atoms with Gasteiger partial charge in [0.2, 0.25) is 0 Å². The van der Waals surface area contributed by atoms with Gasteiger partial charge in [0.05, 0.1) is 0 Å². The van der Waals surface area contributed by atoms with E-state index in [1.165, 1.54) is 11.1 Å². The summed E-state index contributed by atoms with van der Waals surface area (Å²) in [7, 11) is 0. The third kappa shape index (κ3) is 3.33. The Morgan fingerprint density at radius 3 is 2.26 bits per heavy atom. The highest BCUT2D eigenvalue weighted by molar-refractivity contribution is 9.10. The number of hydrogen-bond acceptors (Lipinski definition) is 0. The van der Waals surface area contributed by atoms with Crippen LogP contribution < -0.4 is 0 Å². The lowest BCUT2D eigenvalue weighted by atomic mass is 9.99. The van der Waals surface area contributed by atoms with Gasteiger partial charge < -0.3 is 0 Å². The molecule has 0 aromatic heterocycles. The van der Waals surface area contributed by atoms with Crippen LogP contribution in [0.1, 0.15) is 5.56 Å². The van der Waals surface area contributed by atoms with Crippen molar-refractivity contribution in [2.24, 2.45) is 0 Å². The minimum Gasteiger partial charge on any atom is -0.0990 e. The summed E-state index contributed by atoms with van der Waals surface area (Å²) in [6.45, 7) is 7.58. The second-order valence-electron chi connectivity index (χ2n) is 4.15. The first-order valence-electron chi connectivity index (χ1n) is 6.06. The fraction of sp³-hybridized carbons (Fsp3) is 0. The van der Waals surface area contributed by atoms with Crippen LogP contribution in [-0.4, -0.2) is 0 Å². The lowest BCUT2D eigenvalue weighted by Gasteiger charge is -2.07. The summed E-state index contributed by atoms with van der Waals surface area (Å²) in [5.74, 6) is 0. The summed E-state index contributed by atoms with van der Waals surface area (Å²) < 4.78 is 1.08. The van der Waals surface area contributed by atoms with E-state index in [2.05, 4.69) is 65.5 Å². The predicted molar refractivity (Wildman–Crippen MR) is 87.9 cm³/mol. The Kier molecular flexibility index (Phi) is 4.53. The highest BCUT2D eigenvalue weighted by atomic mass is 79.9. The fourth-order valence-electron chi connectivity index (χ4n) is 1.96. The third-order valence-corrected chi connectivity index (χ3v) is 3.36. The lowest BCUT2D eigenvalue weighted by molar-refractivity contribution is 1.56. The Morgan fingerprint density at radius 2 is 1.63 bits per heavy atom. The van der Waals surface area contributed by atoms with Gasteiger partial charge in [-0.1, -0.05) is 77.6 Å². The first-order valence-corrected chi connectivity index (χ1v) is 6.85. The monoisotopic (exact) mass is 310 g/mol.